The molecule has 0 bridgehead atoms. The molecular weight excluding hydrogens is 282 g/mol. The first kappa shape index (κ1) is 9.76. The second-order valence-corrected chi connectivity index (χ2v) is 3.39. The highest BCUT2D eigenvalue weighted by Gasteiger charge is 2.17. The molecule has 1 aromatic rings. The maximum Gasteiger partial charge on any atom is 0.283 e. The average molecular weight is 287 g/mol. The van der Waals surface area contributed by atoms with Crippen LogP contribution >= 0.6 is 22.6 Å². The fourth-order valence-electron chi connectivity index (χ4n) is 0.729. The van der Waals surface area contributed by atoms with E-state index in [0.29, 0.717) is 3.57 Å². The third-order valence-electron chi connectivity index (χ3n) is 1.44. The first-order chi connectivity index (χ1) is 5.54. The van der Waals surface area contributed by atoms with Crippen LogP contribution in [0.2, 0.25) is 0 Å². The topological polar surface area (TPSA) is 12.9 Å². The van der Waals surface area contributed by atoms with Gasteiger partial charge in [-0.05, 0) is 29.5 Å². The maximum absolute atomic E-state index is 13.0. The van der Waals surface area contributed by atoms with E-state index < -0.39 is 17.9 Å². The molecule has 0 aromatic carbocycles. The van der Waals surface area contributed by atoms with Crippen LogP contribution in [0.4, 0.5) is 13.2 Å². The SMILES string of the molecule is Cc1c(I)cnc(C(F)F)c1F. The van der Waals surface area contributed by atoms with Gasteiger partial charge >= 0.3 is 0 Å². The van der Waals surface area contributed by atoms with Gasteiger partial charge in [0.1, 0.15) is 5.69 Å². The highest BCUT2D eigenvalue weighted by atomic mass is 127. The lowest BCUT2D eigenvalue weighted by molar-refractivity contribution is 0.140. The monoisotopic (exact) mass is 287 g/mol. The Balaban J connectivity index is 3.27. The quantitative estimate of drug-likeness (QED) is 0.723. The summed E-state index contributed by atoms with van der Waals surface area (Å²) in [5.41, 5.74) is -0.547. The number of rotatable bonds is 1. The molecule has 12 heavy (non-hydrogen) atoms. The maximum atomic E-state index is 13.0. The molecule has 0 amide bonds. The van der Waals surface area contributed by atoms with E-state index in [1.807, 2.05) is 22.6 Å². The zero-order valence-electron chi connectivity index (χ0n) is 6.11. The van der Waals surface area contributed by atoms with E-state index in [1.165, 1.54) is 13.1 Å². The lowest BCUT2D eigenvalue weighted by Crippen LogP contribution is -1.99. The number of pyridine rings is 1. The van der Waals surface area contributed by atoms with Crippen molar-refractivity contribution in [2.45, 2.75) is 13.3 Å². The van der Waals surface area contributed by atoms with Crippen LogP contribution < -0.4 is 0 Å². The molecule has 0 aliphatic heterocycles. The van der Waals surface area contributed by atoms with Crippen LogP contribution in [-0.2, 0) is 0 Å². The van der Waals surface area contributed by atoms with Crippen LogP contribution in [0.5, 0.6) is 0 Å². The van der Waals surface area contributed by atoms with Gasteiger partial charge in [-0.15, -0.1) is 0 Å². The summed E-state index contributed by atoms with van der Waals surface area (Å²) in [7, 11) is 0. The molecule has 0 radical (unpaired) electrons. The minimum absolute atomic E-state index is 0.223. The molecule has 0 saturated carbocycles. The first-order valence-electron chi connectivity index (χ1n) is 3.12. The standard InChI is InChI=1S/C7H5F3IN/c1-3-4(11)2-12-6(5(3)8)7(9)10/h2,7H,1H3. The summed E-state index contributed by atoms with van der Waals surface area (Å²) >= 11 is 1.84. The Morgan fingerprint density at radius 3 is 2.58 bits per heavy atom. The van der Waals surface area contributed by atoms with Crippen LogP contribution in [0.1, 0.15) is 17.7 Å². The van der Waals surface area contributed by atoms with E-state index in [1.54, 1.807) is 0 Å². The number of hydrogen-bond acceptors (Lipinski definition) is 1. The molecule has 0 unspecified atom stereocenters. The fourth-order valence-corrected chi connectivity index (χ4v) is 1.10. The van der Waals surface area contributed by atoms with Crippen molar-refractivity contribution in [2.75, 3.05) is 0 Å². The number of halogens is 4. The van der Waals surface area contributed by atoms with Gasteiger partial charge in [0.2, 0.25) is 0 Å². The minimum atomic E-state index is -2.85. The van der Waals surface area contributed by atoms with E-state index in [2.05, 4.69) is 4.98 Å². The van der Waals surface area contributed by atoms with Gasteiger partial charge in [-0.25, -0.2) is 13.2 Å². The van der Waals surface area contributed by atoms with E-state index in [9.17, 15) is 13.2 Å². The molecule has 66 valence electrons. The molecule has 0 fully saturated rings. The summed E-state index contributed by atoms with van der Waals surface area (Å²) < 4.78 is 37.6. The number of nitrogens with zero attached hydrogens (tertiary/aromatic N) is 1. The summed E-state index contributed by atoms with van der Waals surface area (Å²) in [4.78, 5) is 3.31. The Kier molecular flexibility index (Phi) is 2.92. The zero-order valence-corrected chi connectivity index (χ0v) is 8.27. The van der Waals surface area contributed by atoms with E-state index in [4.69, 9.17) is 0 Å². The minimum Gasteiger partial charge on any atom is -0.251 e. The normalized spacial score (nSPS) is 10.8. The van der Waals surface area contributed by atoms with Gasteiger partial charge < -0.3 is 0 Å². The van der Waals surface area contributed by atoms with E-state index in [-0.39, 0.29) is 5.56 Å². The molecule has 1 nitrogen and oxygen atoms in total. The van der Waals surface area contributed by atoms with Crippen molar-refractivity contribution in [1.29, 1.82) is 0 Å². The predicted molar refractivity (Wildman–Crippen MR) is 46.6 cm³/mol. The predicted octanol–water partition coefficient (Wildman–Crippen LogP) is 3.07. The third kappa shape index (κ3) is 1.70. The molecule has 0 N–H and O–H groups in total. The van der Waals surface area contributed by atoms with Crippen molar-refractivity contribution in [3.05, 3.63) is 26.8 Å². The molecule has 0 aliphatic carbocycles. The largest absolute Gasteiger partial charge is 0.283 e. The molecule has 0 spiro atoms. The van der Waals surface area contributed by atoms with E-state index in [0.717, 1.165) is 0 Å². The van der Waals surface area contributed by atoms with Gasteiger partial charge in [0.05, 0.1) is 0 Å². The summed E-state index contributed by atoms with van der Waals surface area (Å²) in [6, 6.07) is 0. The Hall–Kier alpha value is -0.330. The van der Waals surface area contributed by atoms with Crippen molar-refractivity contribution < 1.29 is 13.2 Å². The second-order valence-electron chi connectivity index (χ2n) is 2.23. The molecule has 1 heterocycles. The van der Waals surface area contributed by atoms with Crippen molar-refractivity contribution in [1.82, 2.24) is 4.98 Å². The molecular formula is C7H5F3IN. The summed E-state index contributed by atoms with van der Waals surface area (Å²) in [5, 5.41) is 0. The van der Waals surface area contributed by atoms with Gasteiger partial charge in [0.25, 0.3) is 6.43 Å². The molecule has 0 aliphatic rings. The highest BCUT2D eigenvalue weighted by molar-refractivity contribution is 14.1. The van der Waals surface area contributed by atoms with Crippen molar-refractivity contribution >= 4 is 22.6 Å². The van der Waals surface area contributed by atoms with Gasteiger partial charge in [-0.3, -0.25) is 4.98 Å². The number of alkyl halides is 2. The second kappa shape index (κ2) is 3.59. The van der Waals surface area contributed by atoms with Gasteiger partial charge in [0, 0.05) is 15.3 Å². The van der Waals surface area contributed by atoms with Crippen LogP contribution in [0, 0.1) is 16.3 Å². The Morgan fingerprint density at radius 1 is 1.50 bits per heavy atom. The van der Waals surface area contributed by atoms with Crippen molar-refractivity contribution in [3.63, 3.8) is 0 Å². The molecule has 1 aromatic heterocycles. The van der Waals surface area contributed by atoms with Crippen LogP contribution in [0.3, 0.4) is 0 Å². The van der Waals surface area contributed by atoms with Crippen LogP contribution in [0.25, 0.3) is 0 Å². The summed E-state index contributed by atoms with van der Waals surface area (Å²) in [5.74, 6) is -0.906. The Labute approximate surface area is 81.1 Å². The first-order valence-corrected chi connectivity index (χ1v) is 4.20. The van der Waals surface area contributed by atoms with Crippen LogP contribution in [-0.4, -0.2) is 4.98 Å². The fraction of sp³-hybridized carbons (Fsp3) is 0.286. The van der Waals surface area contributed by atoms with E-state index >= 15 is 0 Å². The van der Waals surface area contributed by atoms with Crippen molar-refractivity contribution in [2.24, 2.45) is 0 Å². The molecule has 0 atom stereocenters. The van der Waals surface area contributed by atoms with Gasteiger partial charge in [-0.2, -0.15) is 0 Å². The Morgan fingerprint density at radius 2 is 2.08 bits per heavy atom. The molecule has 1 rings (SSSR count). The Bertz CT molecular complexity index is 301. The third-order valence-corrected chi connectivity index (χ3v) is 2.52. The number of hydrogen-bond donors (Lipinski definition) is 0. The lowest BCUT2D eigenvalue weighted by Gasteiger charge is -2.04. The number of aromatic nitrogens is 1. The smallest absolute Gasteiger partial charge is 0.251 e. The van der Waals surface area contributed by atoms with Crippen molar-refractivity contribution in [3.8, 4) is 0 Å². The molecule has 0 saturated heterocycles. The zero-order chi connectivity index (χ0) is 9.30. The summed E-state index contributed by atoms with van der Waals surface area (Å²) in [6.07, 6.45) is -1.61. The van der Waals surface area contributed by atoms with Crippen LogP contribution in [0.15, 0.2) is 6.20 Å². The average Bonchev–Trinajstić information content (AvgIpc) is 2.00. The summed E-state index contributed by atoms with van der Waals surface area (Å²) in [6.45, 7) is 1.45. The van der Waals surface area contributed by atoms with Gasteiger partial charge in [0.15, 0.2) is 5.82 Å². The lowest BCUT2D eigenvalue weighted by atomic mass is 10.2. The molecule has 5 heteroatoms. The van der Waals surface area contributed by atoms with Gasteiger partial charge in [-0.1, -0.05) is 0 Å². The highest BCUT2D eigenvalue weighted by Crippen LogP contribution is 2.23.